The number of isocyanates is 1. The first-order chi connectivity index (χ1) is 6.57. The van der Waals surface area contributed by atoms with Gasteiger partial charge in [0.2, 0.25) is 11.9 Å². The molecule has 0 N–H and O–H groups in total. The van der Waals surface area contributed by atoms with Gasteiger partial charge in [0, 0.05) is 0 Å². The Bertz CT molecular complexity index is 416. The minimum Gasteiger partial charge on any atom is -0.258 e. The van der Waals surface area contributed by atoms with Crippen molar-refractivity contribution in [1.29, 1.82) is 0 Å². The Morgan fingerprint density at radius 1 is 1.57 bits per heavy atom. The van der Waals surface area contributed by atoms with Crippen LogP contribution < -0.4 is 0 Å². The molecule has 1 aromatic carbocycles. The molecule has 0 aliphatic carbocycles. The molecule has 0 aliphatic rings. The molecule has 0 heterocycles. The Hall–Kier alpha value is -1.59. The maximum absolute atomic E-state index is 13.0. The minimum absolute atomic E-state index is 0.161. The van der Waals surface area contributed by atoms with Gasteiger partial charge in [-0.25, -0.2) is 4.79 Å². The van der Waals surface area contributed by atoms with Crippen LogP contribution in [-0.4, -0.2) is 11.0 Å². The van der Waals surface area contributed by atoms with Crippen molar-refractivity contribution in [3.05, 3.63) is 32.5 Å². The van der Waals surface area contributed by atoms with E-state index < -0.39 is 16.4 Å². The molecule has 1 aromatic rings. The summed E-state index contributed by atoms with van der Waals surface area (Å²) in [5, 5.41) is 10.4. The Morgan fingerprint density at radius 2 is 2.21 bits per heavy atom. The van der Waals surface area contributed by atoms with E-state index in [4.69, 9.17) is 0 Å². The van der Waals surface area contributed by atoms with Gasteiger partial charge in [0.25, 0.3) is 0 Å². The second kappa shape index (κ2) is 4.08. The van der Waals surface area contributed by atoms with E-state index in [1.807, 2.05) is 0 Å². The monoisotopic (exact) mass is 260 g/mol. The molecule has 72 valence electrons. The van der Waals surface area contributed by atoms with Crippen LogP contribution in [0.4, 0.5) is 15.8 Å². The molecule has 0 aromatic heterocycles. The summed E-state index contributed by atoms with van der Waals surface area (Å²) in [7, 11) is 0. The normalized spacial score (nSPS) is 9.29. The number of nitrogens with zero attached hydrogens (tertiary/aromatic N) is 2. The summed E-state index contributed by atoms with van der Waals surface area (Å²) in [6, 6.07) is 2.13. The van der Waals surface area contributed by atoms with Crippen molar-refractivity contribution >= 4 is 33.4 Å². The maximum atomic E-state index is 13.0. The van der Waals surface area contributed by atoms with Crippen LogP contribution in [0.2, 0.25) is 0 Å². The Morgan fingerprint density at radius 3 is 2.71 bits per heavy atom. The zero-order valence-electron chi connectivity index (χ0n) is 6.53. The third-order valence-corrected chi connectivity index (χ3v) is 2.03. The second-order valence-electron chi connectivity index (χ2n) is 2.19. The summed E-state index contributed by atoms with van der Waals surface area (Å²) in [5.41, 5.74) is -1.22. The maximum Gasteiger partial charge on any atom is 0.332 e. The van der Waals surface area contributed by atoms with E-state index in [-0.39, 0.29) is 10.2 Å². The second-order valence-corrected chi connectivity index (χ2v) is 3.04. The molecule has 0 spiro atoms. The lowest BCUT2D eigenvalue weighted by Crippen LogP contribution is -1.93. The van der Waals surface area contributed by atoms with Crippen LogP contribution in [0.5, 0.6) is 0 Å². The van der Waals surface area contributed by atoms with Crippen molar-refractivity contribution in [1.82, 2.24) is 0 Å². The molecule has 0 unspecified atom stereocenters. The molecule has 0 fully saturated rings. The quantitative estimate of drug-likeness (QED) is 0.355. The van der Waals surface area contributed by atoms with Gasteiger partial charge < -0.3 is 0 Å². The third kappa shape index (κ3) is 1.84. The van der Waals surface area contributed by atoms with E-state index in [2.05, 4.69) is 20.9 Å². The number of hydrogen-bond acceptors (Lipinski definition) is 4. The summed E-state index contributed by atoms with van der Waals surface area (Å²) in [6.07, 6.45) is 1.12. The van der Waals surface area contributed by atoms with E-state index in [9.17, 15) is 19.3 Å². The molecule has 7 heteroatoms. The lowest BCUT2D eigenvalue weighted by atomic mass is 10.2. The van der Waals surface area contributed by atoms with Crippen molar-refractivity contribution in [3.8, 4) is 0 Å². The standard InChI is InChI=1S/C7H2BrFN2O3/c8-4-1-2-5(9)7(11(13)14)6(4)10-3-12/h1-2H. The predicted molar refractivity (Wildman–Crippen MR) is 48.5 cm³/mol. The molecule has 0 saturated heterocycles. The summed E-state index contributed by atoms with van der Waals surface area (Å²) in [4.78, 5) is 22.5. The molecule has 0 aliphatic heterocycles. The number of carbonyl (C=O) groups excluding carboxylic acids is 1. The first kappa shape index (κ1) is 10.5. The fraction of sp³-hybridized carbons (Fsp3) is 0. The molecule has 0 bridgehead atoms. The fourth-order valence-corrected chi connectivity index (χ4v) is 1.26. The topological polar surface area (TPSA) is 72.6 Å². The Labute approximate surface area is 85.5 Å². The largest absolute Gasteiger partial charge is 0.332 e. The van der Waals surface area contributed by atoms with Crippen LogP contribution in [0.3, 0.4) is 0 Å². The van der Waals surface area contributed by atoms with E-state index in [1.54, 1.807) is 0 Å². The van der Waals surface area contributed by atoms with Crippen molar-refractivity contribution in [2.75, 3.05) is 0 Å². The van der Waals surface area contributed by atoms with E-state index in [1.165, 1.54) is 6.07 Å². The zero-order chi connectivity index (χ0) is 10.7. The Balaban J connectivity index is 3.57. The van der Waals surface area contributed by atoms with Crippen LogP contribution >= 0.6 is 15.9 Å². The number of nitro groups is 1. The number of halogens is 2. The molecule has 5 nitrogen and oxygen atoms in total. The highest BCUT2D eigenvalue weighted by Gasteiger charge is 2.22. The lowest BCUT2D eigenvalue weighted by molar-refractivity contribution is -0.386. The van der Waals surface area contributed by atoms with Crippen LogP contribution in [0, 0.1) is 15.9 Å². The molecule has 0 atom stereocenters. The lowest BCUT2D eigenvalue weighted by Gasteiger charge is -1.98. The summed E-state index contributed by atoms with van der Waals surface area (Å²) >= 11 is 2.91. The van der Waals surface area contributed by atoms with E-state index in [0.717, 1.165) is 12.1 Å². The SMILES string of the molecule is O=C=Nc1c(Br)ccc(F)c1[N+](=O)[O-]. The fourth-order valence-electron chi connectivity index (χ4n) is 0.856. The number of rotatable bonds is 2. The summed E-state index contributed by atoms with van der Waals surface area (Å²) in [5.74, 6) is -1.05. The molecule has 1 rings (SSSR count). The number of hydrogen-bond donors (Lipinski definition) is 0. The average Bonchev–Trinajstić information content (AvgIpc) is 2.11. The highest BCUT2D eigenvalue weighted by atomic mass is 79.9. The number of aliphatic imine (C=N–C) groups is 1. The number of benzene rings is 1. The smallest absolute Gasteiger partial charge is 0.258 e. The van der Waals surface area contributed by atoms with Gasteiger partial charge in [-0.2, -0.15) is 9.38 Å². The van der Waals surface area contributed by atoms with Gasteiger partial charge in [0.1, 0.15) is 0 Å². The van der Waals surface area contributed by atoms with Gasteiger partial charge >= 0.3 is 5.69 Å². The minimum atomic E-state index is -1.05. The molecular weight excluding hydrogens is 259 g/mol. The van der Waals surface area contributed by atoms with Crippen LogP contribution in [0.1, 0.15) is 0 Å². The molecular formula is C7H2BrFN2O3. The van der Waals surface area contributed by atoms with Crippen molar-refractivity contribution < 1.29 is 14.1 Å². The van der Waals surface area contributed by atoms with Crippen LogP contribution in [0.15, 0.2) is 21.6 Å². The highest BCUT2D eigenvalue weighted by Crippen LogP contribution is 2.36. The molecule has 14 heavy (non-hydrogen) atoms. The highest BCUT2D eigenvalue weighted by molar-refractivity contribution is 9.10. The average molecular weight is 261 g/mol. The van der Waals surface area contributed by atoms with Crippen molar-refractivity contribution in [2.45, 2.75) is 0 Å². The van der Waals surface area contributed by atoms with Crippen molar-refractivity contribution in [3.63, 3.8) is 0 Å². The Kier molecular flexibility index (Phi) is 3.06. The summed E-state index contributed by atoms with van der Waals surface area (Å²) < 4.78 is 13.1. The first-order valence-corrected chi connectivity index (χ1v) is 4.07. The van der Waals surface area contributed by atoms with Gasteiger partial charge in [-0.15, -0.1) is 0 Å². The van der Waals surface area contributed by atoms with Crippen molar-refractivity contribution in [2.24, 2.45) is 4.99 Å². The number of nitro benzene ring substituents is 1. The third-order valence-electron chi connectivity index (χ3n) is 1.39. The summed E-state index contributed by atoms with van der Waals surface area (Å²) in [6.45, 7) is 0. The van der Waals surface area contributed by atoms with Gasteiger partial charge in [-0.3, -0.25) is 10.1 Å². The van der Waals surface area contributed by atoms with Crippen LogP contribution in [-0.2, 0) is 4.79 Å². The van der Waals surface area contributed by atoms with E-state index >= 15 is 0 Å². The van der Waals surface area contributed by atoms with Gasteiger partial charge in [-0.1, -0.05) is 0 Å². The molecule has 0 saturated carbocycles. The van der Waals surface area contributed by atoms with Gasteiger partial charge in [0.15, 0.2) is 5.69 Å². The first-order valence-electron chi connectivity index (χ1n) is 3.28. The predicted octanol–water partition coefficient (Wildman–Crippen LogP) is 2.46. The zero-order valence-corrected chi connectivity index (χ0v) is 8.12. The molecule has 0 amide bonds. The van der Waals surface area contributed by atoms with Crippen LogP contribution in [0.25, 0.3) is 0 Å². The van der Waals surface area contributed by atoms with Gasteiger partial charge in [-0.05, 0) is 28.1 Å². The molecule has 0 radical (unpaired) electrons. The van der Waals surface area contributed by atoms with E-state index in [0.29, 0.717) is 0 Å². The van der Waals surface area contributed by atoms with Gasteiger partial charge in [0.05, 0.1) is 9.40 Å².